The summed E-state index contributed by atoms with van der Waals surface area (Å²) in [7, 11) is 0. The number of amides is 3. The molecule has 36 heavy (non-hydrogen) atoms. The molecule has 2 aromatic rings. The maximum atomic E-state index is 13.3. The second-order valence-corrected chi connectivity index (χ2v) is 10.8. The first kappa shape index (κ1) is 21.5. The summed E-state index contributed by atoms with van der Waals surface area (Å²) in [6.45, 7) is 2.23. The first-order valence-electron chi connectivity index (χ1n) is 12.7. The van der Waals surface area contributed by atoms with Gasteiger partial charge in [0.2, 0.25) is 17.7 Å². The number of hydrogen-bond acceptors (Lipinski definition) is 5. The summed E-state index contributed by atoms with van der Waals surface area (Å²) in [5.41, 5.74) is 2.33. The Labute approximate surface area is 208 Å². The van der Waals surface area contributed by atoms with Crippen molar-refractivity contribution in [3.8, 4) is 5.75 Å². The SMILES string of the molecule is Cc1cccc(N2C[C@H](C(=O)Oc3ccc(N4C(=O)[C@@H]5[C@@H]6C=C[C@H]([C@H]7C[C@@H]67)[C@@H]5C4=O)cc3)CC2=O)c1. The predicted octanol–water partition coefficient (Wildman–Crippen LogP) is 3.51. The van der Waals surface area contributed by atoms with Crippen LogP contribution in [0.3, 0.4) is 0 Å². The van der Waals surface area contributed by atoms with Crippen molar-refractivity contribution >= 4 is 35.1 Å². The lowest BCUT2D eigenvalue weighted by atomic mass is 9.63. The quantitative estimate of drug-likeness (QED) is 0.288. The first-order chi connectivity index (χ1) is 17.4. The number of carbonyl (C=O) groups excluding carboxylic acids is 4. The van der Waals surface area contributed by atoms with E-state index in [4.69, 9.17) is 4.74 Å². The van der Waals surface area contributed by atoms with Crippen LogP contribution >= 0.6 is 0 Å². The van der Waals surface area contributed by atoms with Crippen LogP contribution in [0.2, 0.25) is 0 Å². The zero-order valence-corrected chi connectivity index (χ0v) is 19.9. The molecule has 2 aliphatic heterocycles. The molecule has 2 saturated carbocycles. The van der Waals surface area contributed by atoms with Crippen molar-refractivity contribution in [2.24, 2.45) is 41.4 Å². The Morgan fingerprint density at radius 1 is 0.889 bits per heavy atom. The van der Waals surface area contributed by atoms with Gasteiger partial charge < -0.3 is 9.64 Å². The second-order valence-electron chi connectivity index (χ2n) is 10.8. The van der Waals surface area contributed by atoms with Crippen molar-refractivity contribution in [3.05, 3.63) is 66.2 Å². The predicted molar refractivity (Wildman–Crippen MR) is 131 cm³/mol. The van der Waals surface area contributed by atoms with Crippen LogP contribution in [-0.4, -0.2) is 30.2 Å². The number of ether oxygens (including phenoxy) is 1. The summed E-state index contributed by atoms with van der Waals surface area (Å²) >= 11 is 0. The van der Waals surface area contributed by atoms with Gasteiger partial charge in [-0.25, -0.2) is 0 Å². The Hall–Kier alpha value is -3.74. The van der Waals surface area contributed by atoms with E-state index in [2.05, 4.69) is 12.2 Å². The lowest BCUT2D eigenvalue weighted by molar-refractivity contribution is -0.139. The minimum Gasteiger partial charge on any atom is -0.426 e. The Balaban J connectivity index is 1.04. The summed E-state index contributed by atoms with van der Waals surface area (Å²) in [6, 6.07) is 14.2. The van der Waals surface area contributed by atoms with Crippen LogP contribution in [0.1, 0.15) is 18.4 Å². The number of rotatable bonds is 4. The van der Waals surface area contributed by atoms with Crippen LogP contribution < -0.4 is 14.5 Å². The second kappa shape index (κ2) is 7.63. The van der Waals surface area contributed by atoms with E-state index in [-0.39, 0.29) is 54.4 Å². The summed E-state index contributed by atoms with van der Waals surface area (Å²) < 4.78 is 5.57. The highest BCUT2D eigenvalue weighted by atomic mass is 16.5. The number of hydrogen-bond donors (Lipinski definition) is 0. The van der Waals surface area contributed by atoms with Crippen LogP contribution in [0.4, 0.5) is 11.4 Å². The number of allylic oxidation sites excluding steroid dienone is 2. The molecule has 0 N–H and O–H groups in total. The van der Waals surface area contributed by atoms with Gasteiger partial charge >= 0.3 is 5.97 Å². The molecule has 0 aromatic heterocycles. The highest BCUT2D eigenvalue weighted by molar-refractivity contribution is 6.22. The van der Waals surface area contributed by atoms with Gasteiger partial charge in [-0.05, 0) is 79.0 Å². The molecule has 4 fully saturated rings. The molecule has 0 spiro atoms. The largest absolute Gasteiger partial charge is 0.426 e. The molecule has 7 nitrogen and oxygen atoms in total. The van der Waals surface area contributed by atoms with Crippen molar-refractivity contribution in [1.82, 2.24) is 0 Å². The molecular formula is C29H26N2O5. The van der Waals surface area contributed by atoms with Gasteiger partial charge in [0.15, 0.2) is 0 Å². The van der Waals surface area contributed by atoms with Crippen molar-refractivity contribution in [1.29, 1.82) is 0 Å². The lowest BCUT2D eigenvalue weighted by Crippen LogP contribution is -2.40. The minimum absolute atomic E-state index is 0.1000. The number of carbonyl (C=O) groups is 4. The van der Waals surface area contributed by atoms with Gasteiger partial charge in [-0.1, -0.05) is 24.3 Å². The van der Waals surface area contributed by atoms with Crippen molar-refractivity contribution < 1.29 is 23.9 Å². The maximum Gasteiger partial charge on any atom is 0.316 e. The molecule has 2 bridgehead atoms. The van der Waals surface area contributed by atoms with E-state index in [1.165, 1.54) is 4.90 Å². The van der Waals surface area contributed by atoms with Crippen LogP contribution in [0.25, 0.3) is 0 Å². The van der Waals surface area contributed by atoms with Crippen molar-refractivity contribution in [2.45, 2.75) is 19.8 Å². The van der Waals surface area contributed by atoms with Gasteiger partial charge in [0.1, 0.15) is 5.75 Å². The molecule has 7 heteroatoms. The summed E-state index contributed by atoms with van der Waals surface area (Å²) in [4.78, 5) is 54.9. The number of aryl methyl sites for hydroxylation is 1. The molecule has 2 aromatic carbocycles. The zero-order chi connectivity index (χ0) is 24.7. The number of benzene rings is 2. The average Bonchev–Trinajstić information content (AvgIpc) is 3.55. The Kier molecular flexibility index (Phi) is 4.56. The topological polar surface area (TPSA) is 84.0 Å². The highest BCUT2D eigenvalue weighted by Crippen LogP contribution is 2.65. The molecule has 2 saturated heterocycles. The zero-order valence-electron chi connectivity index (χ0n) is 19.9. The molecule has 2 heterocycles. The summed E-state index contributed by atoms with van der Waals surface area (Å²) in [5.74, 6) is -0.0376. The monoisotopic (exact) mass is 482 g/mol. The molecular weight excluding hydrogens is 456 g/mol. The Morgan fingerprint density at radius 2 is 1.56 bits per heavy atom. The van der Waals surface area contributed by atoms with E-state index < -0.39 is 11.9 Å². The average molecular weight is 483 g/mol. The molecule has 3 amide bonds. The normalized spacial score (nSPS) is 33.7. The van der Waals surface area contributed by atoms with E-state index in [1.807, 2.05) is 31.2 Å². The molecule has 6 aliphatic rings. The van der Waals surface area contributed by atoms with Crippen LogP contribution in [0, 0.1) is 48.3 Å². The fourth-order valence-electron chi connectivity index (χ4n) is 6.99. The van der Waals surface area contributed by atoms with Crippen LogP contribution in [0.15, 0.2) is 60.7 Å². The molecule has 8 rings (SSSR count). The molecule has 0 radical (unpaired) electrons. The van der Waals surface area contributed by atoms with Gasteiger partial charge in [-0.3, -0.25) is 24.1 Å². The minimum atomic E-state index is -0.558. The van der Waals surface area contributed by atoms with Gasteiger partial charge in [0.25, 0.3) is 0 Å². The van der Waals surface area contributed by atoms with E-state index in [9.17, 15) is 19.2 Å². The molecule has 7 atom stereocenters. The summed E-state index contributed by atoms with van der Waals surface area (Å²) in [5, 5.41) is 0. The van der Waals surface area contributed by atoms with Gasteiger partial charge in [-0.2, -0.15) is 0 Å². The van der Waals surface area contributed by atoms with E-state index in [1.54, 1.807) is 29.2 Å². The third-order valence-electron chi connectivity index (χ3n) is 8.75. The van der Waals surface area contributed by atoms with Crippen LogP contribution in [0.5, 0.6) is 5.75 Å². The van der Waals surface area contributed by atoms with Gasteiger partial charge in [0.05, 0.1) is 23.4 Å². The Bertz CT molecular complexity index is 1310. The van der Waals surface area contributed by atoms with Gasteiger partial charge in [0, 0.05) is 18.7 Å². The number of esters is 1. The maximum absolute atomic E-state index is 13.3. The van der Waals surface area contributed by atoms with Crippen molar-refractivity contribution in [3.63, 3.8) is 0 Å². The lowest BCUT2D eigenvalue weighted by Gasteiger charge is -2.37. The molecule has 182 valence electrons. The fraction of sp³-hybridized carbons (Fsp3) is 0.379. The number of imide groups is 1. The van der Waals surface area contributed by atoms with E-state index in [0.29, 0.717) is 23.3 Å². The number of anilines is 2. The first-order valence-corrected chi connectivity index (χ1v) is 12.7. The highest BCUT2D eigenvalue weighted by Gasteiger charge is 2.67. The molecule has 4 aliphatic carbocycles. The smallest absolute Gasteiger partial charge is 0.316 e. The van der Waals surface area contributed by atoms with Crippen LogP contribution in [-0.2, 0) is 19.2 Å². The molecule has 0 unspecified atom stereocenters. The Morgan fingerprint density at radius 3 is 2.19 bits per heavy atom. The number of nitrogens with zero attached hydrogens (tertiary/aromatic N) is 2. The summed E-state index contributed by atoms with van der Waals surface area (Å²) in [6.07, 6.45) is 5.55. The van der Waals surface area contributed by atoms with E-state index >= 15 is 0 Å². The van der Waals surface area contributed by atoms with E-state index in [0.717, 1.165) is 17.7 Å². The van der Waals surface area contributed by atoms with Crippen molar-refractivity contribution in [2.75, 3.05) is 16.3 Å². The van der Waals surface area contributed by atoms with Gasteiger partial charge in [-0.15, -0.1) is 0 Å². The fourth-order valence-corrected chi connectivity index (χ4v) is 6.99. The standard InChI is InChI=1S/C29H26N2O5/c1-15-3-2-4-18(11-15)30-14-16(12-24(30)32)29(35)36-19-7-5-17(6-8-19)31-27(33)25-20-9-10-21(23-13-22(20)23)26(25)28(31)34/h2-11,16,20-23,25-26H,12-14H2,1H3/t16-,20-,21-,22-,23+,25+,26-/m1/s1. The third-order valence-corrected chi connectivity index (χ3v) is 8.75. The third kappa shape index (κ3) is 3.11.